The molecule has 34 heavy (non-hydrogen) atoms. The molecule has 178 valence electrons. The first-order valence-electron chi connectivity index (χ1n) is 10.2. The van der Waals surface area contributed by atoms with Crippen molar-refractivity contribution in [2.24, 2.45) is 5.92 Å². The van der Waals surface area contributed by atoms with Crippen LogP contribution in [0, 0.1) is 5.92 Å². The van der Waals surface area contributed by atoms with Crippen LogP contribution in [-0.2, 0) is 11.0 Å². The molecule has 0 atom stereocenters. The number of nitrogens with zero attached hydrogens (tertiary/aromatic N) is 4. The Labute approximate surface area is 190 Å². The number of pyridine rings is 1. The number of halogens is 3. The van der Waals surface area contributed by atoms with Crippen LogP contribution in [0.5, 0.6) is 0 Å². The van der Waals surface area contributed by atoms with E-state index in [1.54, 1.807) is 12.1 Å². The molecule has 0 radical (unpaired) electrons. The maximum Gasteiger partial charge on any atom is 0.416 e. The number of carboxylic acids is 1. The first-order chi connectivity index (χ1) is 16.2. The van der Waals surface area contributed by atoms with Crippen molar-refractivity contribution in [3.63, 3.8) is 0 Å². The topological polar surface area (TPSA) is 133 Å². The zero-order chi connectivity index (χ0) is 24.3. The van der Waals surface area contributed by atoms with Gasteiger partial charge in [0, 0.05) is 18.8 Å². The van der Waals surface area contributed by atoms with Crippen molar-refractivity contribution in [1.29, 1.82) is 0 Å². The number of rotatable bonds is 6. The van der Waals surface area contributed by atoms with Gasteiger partial charge in [0.05, 0.1) is 23.4 Å². The van der Waals surface area contributed by atoms with Gasteiger partial charge in [-0.05, 0) is 49.2 Å². The Morgan fingerprint density at radius 1 is 1.03 bits per heavy atom. The number of hydrogen-bond donors (Lipinski definition) is 3. The van der Waals surface area contributed by atoms with Crippen LogP contribution in [0.4, 0.5) is 36.4 Å². The van der Waals surface area contributed by atoms with Crippen LogP contribution < -0.4 is 15.5 Å². The summed E-state index contributed by atoms with van der Waals surface area (Å²) in [6.07, 6.45) is -1.92. The highest BCUT2D eigenvalue weighted by atomic mass is 19.4. The maximum absolute atomic E-state index is 12.6. The Hall–Kier alpha value is -4.16. The molecule has 1 aliphatic rings. The second-order valence-corrected chi connectivity index (χ2v) is 7.57. The lowest BCUT2D eigenvalue weighted by Gasteiger charge is -2.31. The third-order valence-corrected chi connectivity index (χ3v) is 5.26. The monoisotopic (exact) mass is 476 g/mol. The Balaban J connectivity index is 1.32. The number of alkyl halides is 3. The van der Waals surface area contributed by atoms with Gasteiger partial charge in [0.2, 0.25) is 0 Å². The second-order valence-electron chi connectivity index (χ2n) is 7.57. The molecule has 1 aromatic carbocycles. The standard InChI is InChI=1S/C21H19F3N6O4/c22-21(23,24)13-1-3-14(4-2-13)27-20-29-28-18(34-20)17(31)26-15-5-6-16(25-11-15)30-9-7-12(8-10-30)19(32)33/h1-6,11-12H,7-10H2,(H,26,31)(H,27,29)(H,32,33). The molecule has 10 nitrogen and oxygen atoms in total. The fourth-order valence-corrected chi connectivity index (χ4v) is 3.42. The molecule has 2 aromatic heterocycles. The minimum atomic E-state index is -4.45. The summed E-state index contributed by atoms with van der Waals surface area (Å²) in [4.78, 5) is 29.7. The number of piperidine rings is 1. The van der Waals surface area contributed by atoms with Crippen LogP contribution in [0.15, 0.2) is 47.0 Å². The fraction of sp³-hybridized carbons (Fsp3) is 0.286. The molecule has 1 aliphatic heterocycles. The molecule has 1 amide bonds. The van der Waals surface area contributed by atoms with Crippen molar-refractivity contribution in [2.75, 3.05) is 28.6 Å². The summed E-state index contributed by atoms with van der Waals surface area (Å²) < 4.78 is 43.2. The van der Waals surface area contributed by atoms with E-state index >= 15 is 0 Å². The first-order valence-corrected chi connectivity index (χ1v) is 10.2. The Morgan fingerprint density at radius 2 is 1.71 bits per heavy atom. The third kappa shape index (κ3) is 5.42. The highest BCUT2D eigenvalue weighted by molar-refractivity contribution is 6.00. The molecule has 0 aliphatic carbocycles. The summed E-state index contributed by atoms with van der Waals surface area (Å²) in [7, 11) is 0. The van der Waals surface area contributed by atoms with Crippen LogP contribution in [-0.4, -0.2) is 45.3 Å². The average Bonchev–Trinajstić information content (AvgIpc) is 3.28. The van der Waals surface area contributed by atoms with E-state index in [-0.39, 0.29) is 23.5 Å². The van der Waals surface area contributed by atoms with Gasteiger partial charge < -0.3 is 25.1 Å². The maximum atomic E-state index is 12.6. The van der Waals surface area contributed by atoms with E-state index in [9.17, 15) is 22.8 Å². The van der Waals surface area contributed by atoms with E-state index < -0.39 is 23.6 Å². The zero-order valence-electron chi connectivity index (χ0n) is 17.5. The highest BCUT2D eigenvalue weighted by Crippen LogP contribution is 2.30. The second kappa shape index (κ2) is 9.37. The van der Waals surface area contributed by atoms with E-state index in [1.165, 1.54) is 18.3 Å². The predicted molar refractivity (Wildman–Crippen MR) is 114 cm³/mol. The molecule has 0 spiro atoms. The van der Waals surface area contributed by atoms with Crippen molar-refractivity contribution in [3.05, 3.63) is 54.0 Å². The van der Waals surface area contributed by atoms with Crippen molar-refractivity contribution < 1.29 is 32.3 Å². The van der Waals surface area contributed by atoms with Crippen molar-refractivity contribution in [2.45, 2.75) is 19.0 Å². The first kappa shape index (κ1) is 23.0. The smallest absolute Gasteiger partial charge is 0.416 e. The Bertz CT molecular complexity index is 1160. The molecule has 3 heterocycles. The van der Waals surface area contributed by atoms with Crippen molar-refractivity contribution in [1.82, 2.24) is 15.2 Å². The molecule has 3 N–H and O–H groups in total. The van der Waals surface area contributed by atoms with Crippen LogP contribution >= 0.6 is 0 Å². The van der Waals surface area contributed by atoms with Crippen LogP contribution in [0.2, 0.25) is 0 Å². The number of hydrogen-bond acceptors (Lipinski definition) is 8. The number of anilines is 4. The van der Waals surface area contributed by atoms with E-state index in [2.05, 4.69) is 25.8 Å². The summed E-state index contributed by atoms with van der Waals surface area (Å²) >= 11 is 0. The zero-order valence-corrected chi connectivity index (χ0v) is 17.5. The highest BCUT2D eigenvalue weighted by Gasteiger charge is 2.30. The van der Waals surface area contributed by atoms with E-state index in [0.717, 1.165) is 12.1 Å². The van der Waals surface area contributed by atoms with Gasteiger partial charge >= 0.3 is 30.0 Å². The lowest BCUT2D eigenvalue weighted by molar-refractivity contribution is -0.142. The average molecular weight is 476 g/mol. The van der Waals surface area contributed by atoms with Crippen LogP contribution in [0.3, 0.4) is 0 Å². The van der Waals surface area contributed by atoms with Crippen molar-refractivity contribution in [3.8, 4) is 0 Å². The van der Waals surface area contributed by atoms with Gasteiger partial charge in [-0.3, -0.25) is 9.59 Å². The quantitative estimate of drug-likeness (QED) is 0.486. The number of amides is 1. The minimum absolute atomic E-state index is 0.164. The molecule has 0 unspecified atom stereocenters. The van der Waals surface area contributed by atoms with E-state index in [4.69, 9.17) is 9.52 Å². The molecule has 3 aromatic rings. The molecule has 1 fully saturated rings. The van der Waals surface area contributed by atoms with Gasteiger partial charge in [0.25, 0.3) is 0 Å². The molecular weight excluding hydrogens is 457 g/mol. The summed E-state index contributed by atoms with van der Waals surface area (Å²) in [6, 6.07) is 7.38. The lowest BCUT2D eigenvalue weighted by atomic mass is 9.97. The number of carbonyl (C=O) groups excluding carboxylic acids is 1. The Kier molecular flexibility index (Phi) is 6.34. The number of carboxylic acid groups (broad SMARTS) is 1. The molecular formula is C21H19F3N6O4. The molecule has 0 saturated carbocycles. The van der Waals surface area contributed by atoms with Gasteiger partial charge in [0.1, 0.15) is 5.82 Å². The summed E-state index contributed by atoms with van der Waals surface area (Å²) in [5.74, 6) is -1.51. The van der Waals surface area contributed by atoms with Crippen LogP contribution in [0.25, 0.3) is 0 Å². The van der Waals surface area contributed by atoms with Crippen LogP contribution in [0.1, 0.15) is 29.1 Å². The molecule has 4 rings (SSSR count). The predicted octanol–water partition coefficient (Wildman–Crippen LogP) is 3.78. The minimum Gasteiger partial charge on any atom is -0.481 e. The number of aromatic nitrogens is 3. The van der Waals surface area contributed by atoms with E-state index in [0.29, 0.717) is 37.4 Å². The summed E-state index contributed by atoms with van der Waals surface area (Å²) in [5.41, 5.74) is -0.145. The Morgan fingerprint density at radius 3 is 2.29 bits per heavy atom. The third-order valence-electron chi connectivity index (χ3n) is 5.26. The fourth-order valence-electron chi connectivity index (χ4n) is 3.42. The van der Waals surface area contributed by atoms with Crippen molar-refractivity contribution >= 4 is 35.1 Å². The van der Waals surface area contributed by atoms with E-state index in [1.807, 2.05) is 4.90 Å². The number of carbonyl (C=O) groups is 2. The van der Waals surface area contributed by atoms with Gasteiger partial charge in [-0.25, -0.2) is 4.98 Å². The van der Waals surface area contributed by atoms with Gasteiger partial charge in [-0.2, -0.15) is 13.2 Å². The molecule has 0 bridgehead atoms. The van der Waals surface area contributed by atoms with Gasteiger partial charge in [-0.1, -0.05) is 5.10 Å². The lowest BCUT2D eigenvalue weighted by Crippen LogP contribution is -2.36. The summed E-state index contributed by atoms with van der Waals surface area (Å²) in [5, 5.41) is 21.6. The number of aliphatic carboxylic acids is 1. The SMILES string of the molecule is O=C(Nc1ccc(N2CCC(C(=O)O)CC2)nc1)c1nnc(Nc2ccc(C(F)(F)F)cc2)o1. The molecule has 1 saturated heterocycles. The normalized spacial score (nSPS) is 14.6. The molecule has 13 heteroatoms. The summed E-state index contributed by atoms with van der Waals surface area (Å²) in [6.45, 7) is 1.15. The number of benzene rings is 1. The largest absolute Gasteiger partial charge is 0.481 e. The number of nitrogens with one attached hydrogen (secondary N) is 2. The van der Waals surface area contributed by atoms with Gasteiger partial charge in [0.15, 0.2) is 0 Å². The van der Waals surface area contributed by atoms with Gasteiger partial charge in [-0.15, -0.1) is 5.10 Å².